The van der Waals surface area contributed by atoms with E-state index >= 15 is 0 Å². The zero-order chi connectivity index (χ0) is 26.9. The highest BCUT2D eigenvalue weighted by molar-refractivity contribution is 6.31. The summed E-state index contributed by atoms with van der Waals surface area (Å²) in [5.74, 6) is 0.399. The van der Waals surface area contributed by atoms with Crippen molar-refractivity contribution in [2.45, 2.75) is 38.8 Å². The molecule has 0 fully saturated rings. The van der Waals surface area contributed by atoms with E-state index < -0.39 is 11.9 Å². The molecular weight excluding hydrogens is 490 g/mol. The van der Waals surface area contributed by atoms with E-state index in [4.69, 9.17) is 26.8 Å². The molecule has 1 aliphatic rings. The molecule has 0 aromatic heterocycles. The Morgan fingerprint density at radius 3 is 2.41 bits per heavy atom. The molecule has 1 aliphatic heterocycles. The first kappa shape index (κ1) is 26.4. The average molecular weight is 522 g/mol. The van der Waals surface area contributed by atoms with Gasteiger partial charge in [0.15, 0.2) is 11.5 Å². The van der Waals surface area contributed by atoms with Crippen LogP contribution >= 0.6 is 11.6 Å². The minimum atomic E-state index is -0.633. The standard InChI is InChI=1S/C29H32ClN3O4/c1-6-17(2)37-26-16-23-18(13-25(26)36-5)14-27(34)33(21-10-8-20(9-11-21)32(3)4)28(23)22-12-7-19(30)15-24(22)29(31)35/h7-13,15-17,28H,6,14H2,1-5H3,(H2,31,35)/t17-,28?/m1/s1. The van der Waals surface area contributed by atoms with Gasteiger partial charge in [-0.25, -0.2) is 0 Å². The Kier molecular flexibility index (Phi) is 7.64. The van der Waals surface area contributed by atoms with Crippen LogP contribution in [0.15, 0.2) is 54.6 Å². The number of methoxy groups -OCH3 is 1. The van der Waals surface area contributed by atoms with Crippen molar-refractivity contribution in [3.05, 3.63) is 81.9 Å². The molecule has 2 atom stereocenters. The number of fused-ring (bicyclic) bond motifs is 1. The topological polar surface area (TPSA) is 85.1 Å². The largest absolute Gasteiger partial charge is 0.493 e. The minimum Gasteiger partial charge on any atom is -0.493 e. The molecule has 0 bridgehead atoms. The Bertz CT molecular complexity index is 1320. The van der Waals surface area contributed by atoms with Crippen molar-refractivity contribution >= 4 is 34.8 Å². The predicted octanol–water partition coefficient (Wildman–Crippen LogP) is 5.37. The van der Waals surface area contributed by atoms with Gasteiger partial charge in [-0.2, -0.15) is 0 Å². The zero-order valence-corrected chi connectivity index (χ0v) is 22.5. The maximum atomic E-state index is 13.7. The molecule has 7 nitrogen and oxygen atoms in total. The Morgan fingerprint density at radius 2 is 1.81 bits per heavy atom. The molecule has 4 rings (SSSR count). The monoisotopic (exact) mass is 521 g/mol. The molecule has 1 heterocycles. The number of hydrogen-bond donors (Lipinski definition) is 1. The van der Waals surface area contributed by atoms with Crippen LogP contribution in [0.2, 0.25) is 5.02 Å². The number of benzene rings is 3. The SMILES string of the molecule is CC[C@@H](C)Oc1cc2c(cc1OC)CC(=O)N(c1ccc(N(C)C)cc1)C2c1ccc(Cl)cc1C(N)=O. The van der Waals surface area contributed by atoms with Gasteiger partial charge in [0.2, 0.25) is 11.8 Å². The Hall–Kier alpha value is -3.71. The van der Waals surface area contributed by atoms with Crippen LogP contribution < -0.4 is 25.0 Å². The van der Waals surface area contributed by atoms with Gasteiger partial charge in [-0.05, 0) is 78.6 Å². The van der Waals surface area contributed by atoms with Crippen LogP contribution in [0.3, 0.4) is 0 Å². The summed E-state index contributed by atoms with van der Waals surface area (Å²) in [5, 5.41) is 0.386. The van der Waals surface area contributed by atoms with E-state index in [1.807, 2.05) is 69.2 Å². The maximum absolute atomic E-state index is 13.7. The first-order chi connectivity index (χ1) is 17.6. The van der Waals surface area contributed by atoms with Crippen LogP contribution in [-0.2, 0) is 11.2 Å². The van der Waals surface area contributed by atoms with Crippen LogP contribution in [0.1, 0.15) is 53.4 Å². The number of carbonyl (C=O) groups is 2. The summed E-state index contributed by atoms with van der Waals surface area (Å²) in [6.07, 6.45) is 0.943. The zero-order valence-electron chi connectivity index (χ0n) is 21.7. The number of primary amides is 1. The van der Waals surface area contributed by atoms with E-state index in [9.17, 15) is 9.59 Å². The number of rotatable bonds is 8. The van der Waals surface area contributed by atoms with Crippen LogP contribution in [0.25, 0.3) is 0 Å². The van der Waals surface area contributed by atoms with Gasteiger partial charge in [0, 0.05) is 36.1 Å². The number of nitrogens with zero attached hydrogens (tertiary/aromatic N) is 2. The maximum Gasteiger partial charge on any atom is 0.249 e. The third kappa shape index (κ3) is 5.23. The van der Waals surface area contributed by atoms with Crippen LogP contribution in [-0.4, -0.2) is 39.1 Å². The lowest BCUT2D eigenvalue weighted by Gasteiger charge is -2.39. The normalized spacial score (nSPS) is 15.7. The van der Waals surface area contributed by atoms with E-state index in [0.717, 1.165) is 23.2 Å². The van der Waals surface area contributed by atoms with Gasteiger partial charge in [-0.3, -0.25) is 9.59 Å². The lowest BCUT2D eigenvalue weighted by Crippen LogP contribution is -2.42. The van der Waals surface area contributed by atoms with Crippen molar-refractivity contribution in [1.29, 1.82) is 0 Å². The lowest BCUT2D eigenvalue weighted by molar-refractivity contribution is -0.118. The molecule has 0 saturated heterocycles. The molecule has 1 unspecified atom stereocenters. The predicted molar refractivity (Wildman–Crippen MR) is 147 cm³/mol. The van der Waals surface area contributed by atoms with Crippen molar-refractivity contribution in [3.63, 3.8) is 0 Å². The molecule has 0 radical (unpaired) electrons. The van der Waals surface area contributed by atoms with Crippen molar-refractivity contribution < 1.29 is 19.1 Å². The molecule has 194 valence electrons. The molecule has 3 aromatic rings. The quantitative estimate of drug-likeness (QED) is 0.431. The highest BCUT2D eigenvalue weighted by Crippen LogP contribution is 2.45. The van der Waals surface area contributed by atoms with E-state index in [2.05, 4.69) is 0 Å². The summed E-state index contributed by atoms with van der Waals surface area (Å²) in [6, 6.07) is 15.9. The molecule has 2 amide bonds. The summed E-state index contributed by atoms with van der Waals surface area (Å²) in [7, 11) is 5.49. The van der Waals surface area contributed by atoms with Crippen molar-refractivity contribution in [3.8, 4) is 11.5 Å². The van der Waals surface area contributed by atoms with Gasteiger partial charge in [0.25, 0.3) is 0 Å². The second-order valence-electron chi connectivity index (χ2n) is 9.39. The van der Waals surface area contributed by atoms with Gasteiger partial charge < -0.3 is 25.0 Å². The van der Waals surface area contributed by atoms with Crippen LogP contribution in [0, 0.1) is 0 Å². The first-order valence-corrected chi connectivity index (χ1v) is 12.6. The van der Waals surface area contributed by atoms with Crippen molar-refractivity contribution in [2.24, 2.45) is 5.73 Å². The summed E-state index contributed by atoms with van der Waals surface area (Å²) in [5.41, 5.74) is 9.98. The Morgan fingerprint density at radius 1 is 1.11 bits per heavy atom. The highest BCUT2D eigenvalue weighted by atomic mass is 35.5. The molecule has 0 saturated carbocycles. The van der Waals surface area contributed by atoms with Gasteiger partial charge in [0.05, 0.1) is 25.7 Å². The summed E-state index contributed by atoms with van der Waals surface area (Å²) in [4.78, 5) is 30.0. The molecule has 8 heteroatoms. The first-order valence-electron chi connectivity index (χ1n) is 12.2. The molecule has 0 aliphatic carbocycles. The number of hydrogen-bond acceptors (Lipinski definition) is 5. The van der Waals surface area contributed by atoms with Crippen LogP contribution in [0.4, 0.5) is 11.4 Å². The number of amides is 2. The molecule has 37 heavy (non-hydrogen) atoms. The molecule has 2 N–H and O–H groups in total. The third-order valence-electron chi connectivity index (χ3n) is 6.71. The van der Waals surface area contributed by atoms with Gasteiger partial charge in [-0.1, -0.05) is 24.6 Å². The van der Waals surface area contributed by atoms with E-state index in [1.165, 1.54) is 0 Å². The summed E-state index contributed by atoms with van der Waals surface area (Å²) >= 11 is 6.24. The second-order valence-corrected chi connectivity index (χ2v) is 9.82. The fraction of sp³-hybridized carbons (Fsp3) is 0.310. The smallest absolute Gasteiger partial charge is 0.249 e. The number of anilines is 2. The third-order valence-corrected chi connectivity index (χ3v) is 6.95. The van der Waals surface area contributed by atoms with E-state index in [1.54, 1.807) is 30.2 Å². The van der Waals surface area contributed by atoms with Gasteiger partial charge >= 0.3 is 0 Å². The number of halogens is 1. The van der Waals surface area contributed by atoms with Crippen LogP contribution in [0.5, 0.6) is 11.5 Å². The number of nitrogens with two attached hydrogens (primary N) is 1. The van der Waals surface area contributed by atoms with E-state index in [-0.39, 0.29) is 24.0 Å². The Labute approximate surface area is 222 Å². The number of carbonyl (C=O) groups excluding carboxylic acids is 2. The lowest BCUT2D eigenvalue weighted by atomic mass is 9.84. The van der Waals surface area contributed by atoms with Crippen molar-refractivity contribution in [1.82, 2.24) is 0 Å². The van der Waals surface area contributed by atoms with Gasteiger partial charge in [0.1, 0.15) is 0 Å². The van der Waals surface area contributed by atoms with Gasteiger partial charge in [-0.15, -0.1) is 0 Å². The summed E-state index contributed by atoms with van der Waals surface area (Å²) < 4.78 is 11.8. The molecular formula is C29H32ClN3O4. The minimum absolute atomic E-state index is 0.0398. The molecule has 0 spiro atoms. The summed E-state index contributed by atoms with van der Waals surface area (Å²) in [6.45, 7) is 4.03. The molecule has 3 aromatic carbocycles. The fourth-order valence-electron chi connectivity index (χ4n) is 4.60. The number of ether oxygens (including phenoxy) is 2. The second kappa shape index (κ2) is 10.7. The fourth-order valence-corrected chi connectivity index (χ4v) is 4.77. The highest BCUT2D eigenvalue weighted by Gasteiger charge is 2.37. The Balaban J connectivity index is 1.97. The average Bonchev–Trinajstić information content (AvgIpc) is 2.87. The van der Waals surface area contributed by atoms with E-state index in [0.29, 0.717) is 27.8 Å². The van der Waals surface area contributed by atoms with Crippen molar-refractivity contribution in [2.75, 3.05) is 31.0 Å².